The number of aromatic nitrogens is 1. The van der Waals surface area contributed by atoms with Crippen molar-refractivity contribution in [3.8, 4) is 0 Å². The van der Waals surface area contributed by atoms with Crippen molar-refractivity contribution in [1.82, 2.24) is 0 Å². The minimum Gasteiger partial charge on any atom is -0.477 e. The number of benzene rings is 5. The highest BCUT2D eigenvalue weighted by atomic mass is 19.1. The normalized spacial score (nSPS) is 16.0. The van der Waals surface area contributed by atoms with E-state index >= 15 is 0 Å². The molecule has 1 aliphatic heterocycles. The lowest BCUT2D eigenvalue weighted by molar-refractivity contribution is -0.685. The van der Waals surface area contributed by atoms with Gasteiger partial charge in [0, 0.05) is 46.7 Å². The SMILES string of the molecule is O=C(O)C[n+]1ccc(/C(=C/c2ccc3c(c2)C2CCCC2N3c2ccc(C=C(c3ccccc3)c3ccccc3)cc2)C(=O)Nc2ccc(F)cc2)cc1. The number of nitrogens with one attached hydrogen (secondary N) is 1. The van der Waals surface area contributed by atoms with E-state index in [0.717, 1.165) is 36.1 Å². The summed E-state index contributed by atoms with van der Waals surface area (Å²) in [6.45, 7) is -0.188. The highest BCUT2D eigenvalue weighted by molar-refractivity contribution is 6.29. The zero-order valence-corrected chi connectivity index (χ0v) is 29.6. The Labute approximate surface area is 314 Å². The van der Waals surface area contributed by atoms with Crippen molar-refractivity contribution in [2.24, 2.45) is 0 Å². The van der Waals surface area contributed by atoms with Gasteiger partial charge in [-0.3, -0.25) is 4.79 Å². The van der Waals surface area contributed by atoms with Crippen LogP contribution < -0.4 is 14.8 Å². The number of amides is 1. The second kappa shape index (κ2) is 15.2. The summed E-state index contributed by atoms with van der Waals surface area (Å²) < 4.78 is 15.1. The molecule has 1 fully saturated rings. The molecule has 6 nitrogen and oxygen atoms in total. The number of fused-ring (bicyclic) bond motifs is 3. The summed E-state index contributed by atoms with van der Waals surface area (Å²) in [6, 6.07) is 45.7. The monoisotopic (exact) mass is 712 g/mol. The third-order valence-electron chi connectivity index (χ3n) is 10.4. The molecule has 0 bridgehead atoms. The molecule has 2 unspecified atom stereocenters. The topological polar surface area (TPSA) is 73.5 Å². The van der Waals surface area contributed by atoms with Gasteiger partial charge in [-0.15, -0.1) is 0 Å². The van der Waals surface area contributed by atoms with Gasteiger partial charge in [0.05, 0.1) is 0 Å². The molecule has 5 aromatic carbocycles. The van der Waals surface area contributed by atoms with Gasteiger partial charge in [-0.1, -0.05) is 85.3 Å². The van der Waals surface area contributed by atoms with Crippen molar-refractivity contribution >= 4 is 52.2 Å². The fourth-order valence-corrected chi connectivity index (χ4v) is 7.84. The summed E-state index contributed by atoms with van der Waals surface area (Å²) in [7, 11) is 0. The Balaban J connectivity index is 1.12. The average molecular weight is 713 g/mol. The van der Waals surface area contributed by atoms with Crippen LogP contribution in [0.15, 0.2) is 152 Å². The number of hydrogen-bond donors (Lipinski definition) is 2. The maximum Gasteiger partial charge on any atom is 0.370 e. The Morgan fingerprint density at radius 2 is 1.39 bits per heavy atom. The molecule has 2 N–H and O–H groups in total. The number of halogens is 1. The predicted octanol–water partition coefficient (Wildman–Crippen LogP) is 9.75. The lowest BCUT2D eigenvalue weighted by atomic mass is 9.94. The molecular formula is C47H39FN3O3+. The van der Waals surface area contributed by atoms with Crippen LogP contribution in [0, 0.1) is 5.82 Å². The van der Waals surface area contributed by atoms with Gasteiger partial charge in [0.1, 0.15) is 5.82 Å². The van der Waals surface area contributed by atoms with E-state index in [2.05, 4.69) is 107 Å². The van der Waals surface area contributed by atoms with E-state index < -0.39 is 5.97 Å². The molecule has 8 rings (SSSR count). The van der Waals surface area contributed by atoms with Crippen LogP contribution in [-0.2, 0) is 16.1 Å². The number of carbonyl (C=O) groups excluding carboxylic acids is 1. The Kier molecular flexibility index (Phi) is 9.69. The average Bonchev–Trinajstić information content (AvgIpc) is 3.79. The molecule has 7 heteroatoms. The predicted molar refractivity (Wildman–Crippen MR) is 212 cm³/mol. The number of carboxylic acid groups (broad SMARTS) is 1. The van der Waals surface area contributed by atoms with Gasteiger partial charge in [-0.2, -0.15) is 4.57 Å². The van der Waals surface area contributed by atoms with Crippen molar-refractivity contribution in [2.75, 3.05) is 10.2 Å². The van der Waals surface area contributed by atoms with E-state index in [-0.39, 0.29) is 18.3 Å². The first kappa shape index (κ1) is 34.5. The molecule has 1 saturated carbocycles. The third-order valence-corrected chi connectivity index (χ3v) is 10.4. The number of nitrogens with zero attached hydrogens (tertiary/aromatic N) is 2. The molecule has 0 spiro atoms. The highest BCUT2D eigenvalue weighted by Gasteiger charge is 2.42. The minimum atomic E-state index is -0.956. The van der Waals surface area contributed by atoms with Crippen molar-refractivity contribution in [3.63, 3.8) is 0 Å². The summed E-state index contributed by atoms with van der Waals surface area (Å²) in [4.78, 5) is 27.5. The van der Waals surface area contributed by atoms with Crippen LogP contribution in [0.25, 0.3) is 23.3 Å². The number of rotatable bonds is 10. The first-order valence-corrected chi connectivity index (χ1v) is 18.3. The van der Waals surface area contributed by atoms with Gasteiger partial charge >= 0.3 is 5.97 Å². The Morgan fingerprint density at radius 1 is 0.741 bits per heavy atom. The summed E-state index contributed by atoms with van der Waals surface area (Å²) >= 11 is 0. The summed E-state index contributed by atoms with van der Waals surface area (Å²) in [6.07, 6.45) is 10.8. The Bertz CT molecular complexity index is 2310. The van der Waals surface area contributed by atoms with E-state index in [9.17, 15) is 19.1 Å². The quantitative estimate of drug-likeness (QED) is 0.0843. The standard InChI is InChI=1S/C47H38FN3O3/c48-37-17-19-38(20-18-37)49-47(54)42(36-24-26-50(27-25-36)31-46(52)53)29-33-16-23-45-43(30-33)40-12-7-13-44(40)51(45)39-21-14-32(15-22-39)28-41(34-8-3-1-4-9-34)35-10-5-2-6-11-35/h1-6,8-11,14-30,40,44H,7,12-13,31H2,(H-,49,52,53,54)/p+1. The van der Waals surface area contributed by atoms with E-state index in [1.807, 2.05) is 18.2 Å². The van der Waals surface area contributed by atoms with Crippen LogP contribution in [0.1, 0.15) is 58.6 Å². The molecule has 2 heterocycles. The molecule has 1 aromatic heterocycles. The summed E-state index contributed by atoms with van der Waals surface area (Å²) in [5, 5.41) is 12.1. The Morgan fingerprint density at radius 3 is 2.04 bits per heavy atom. The van der Waals surface area contributed by atoms with E-state index in [0.29, 0.717) is 28.8 Å². The zero-order valence-electron chi connectivity index (χ0n) is 29.6. The van der Waals surface area contributed by atoms with Crippen LogP contribution in [0.3, 0.4) is 0 Å². The summed E-state index contributed by atoms with van der Waals surface area (Å²) in [5.41, 5.74) is 10.7. The Hall–Kier alpha value is -6.60. The maximum absolute atomic E-state index is 13.8. The third kappa shape index (κ3) is 7.34. The van der Waals surface area contributed by atoms with Crippen molar-refractivity contribution < 1.29 is 23.7 Å². The van der Waals surface area contributed by atoms with E-state index in [4.69, 9.17) is 0 Å². The molecular weight excluding hydrogens is 674 g/mol. The molecule has 0 radical (unpaired) electrons. The molecule has 266 valence electrons. The van der Waals surface area contributed by atoms with Gasteiger partial charge in [0.15, 0.2) is 12.4 Å². The fourth-order valence-electron chi connectivity index (χ4n) is 7.84. The molecule has 1 aliphatic carbocycles. The molecule has 54 heavy (non-hydrogen) atoms. The smallest absolute Gasteiger partial charge is 0.370 e. The second-order valence-electron chi connectivity index (χ2n) is 13.8. The number of anilines is 3. The highest BCUT2D eigenvalue weighted by Crippen LogP contribution is 2.52. The number of hydrogen-bond acceptors (Lipinski definition) is 3. The summed E-state index contributed by atoms with van der Waals surface area (Å²) in [5.74, 6) is -1.32. The van der Waals surface area contributed by atoms with Crippen LogP contribution in [0.4, 0.5) is 21.5 Å². The van der Waals surface area contributed by atoms with Gasteiger partial charge in [-0.05, 0) is 112 Å². The first-order valence-electron chi connectivity index (χ1n) is 18.3. The zero-order chi connectivity index (χ0) is 37.0. The molecule has 2 atom stereocenters. The molecule has 6 aromatic rings. The first-order chi connectivity index (χ1) is 26.4. The number of aliphatic carboxylic acids is 1. The lowest BCUT2D eigenvalue weighted by Crippen LogP contribution is -2.37. The van der Waals surface area contributed by atoms with Gasteiger partial charge in [0.25, 0.3) is 5.91 Å². The van der Waals surface area contributed by atoms with Crippen LogP contribution in [-0.4, -0.2) is 23.0 Å². The second-order valence-corrected chi connectivity index (χ2v) is 13.8. The van der Waals surface area contributed by atoms with Crippen molar-refractivity contribution in [1.29, 1.82) is 0 Å². The maximum atomic E-state index is 13.8. The fraction of sp³-hybridized carbons (Fsp3) is 0.128. The van der Waals surface area contributed by atoms with Gasteiger partial charge < -0.3 is 15.3 Å². The largest absolute Gasteiger partial charge is 0.477 e. The van der Waals surface area contributed by atoms with Crippen molar-refractivity contribution in [3.05, 3.63) is 191 Å². The number of carboxylic acids is 1. The van der Waals surface area contributed by atoms with E-state index in [1.165, 1.54) is 52.2 Å². The van der Waals surface area contributed by atoms with Crippen LogP contribution >= 0.6 is 0 Å². The molecule has 2 aliphatic rings. The minimum absolute atomic E-state index is 0.188. The molecule has 0 saturated heterocycles. The van der Waals surface area contributed by atoms with Crippen molar-refractivity contribution in [2.45, 2.75) is 37.8 Å². The molecule has 1 amide bonds. The number of pyridine rings is 1. The van der Waals surface area contributed by atoms with Gasteiger partial charge in [-0.25, -0.2) is 9.18 Å². The number of carbonyl (C=O) groups is 2. The van der Waals surface area contributed by atoms with Crippen LogP contribution in [0.5, 0.6) is 0 Å². The van der Waals surface area contributed by atoms with E-state index in [1.54, 1.807) is 29.1 Å². The van der Waals surface area contributed by atoms with Crippen LogP contribution in [0.2, 0.25) is 0 Å². The van der Waals surface area contributed by atoms with Gasteiger partial charge in [0.2, 0.25) is 6.54 Å². The lowest BCUT2D eigenvalue weighted by Gasteiger charge is -2.27.